The minimum atomic E-state index is -4.63. The van der Waals surface area contributed by atoms with Crippen LogP contribution in [-0.2, 0) is 0 Å². The number of nitrogens with two attached hydrogens (primary N) is 1. The number of nitrogens with zero attached hydrogens (tertiary/aromatic N) is 1. The summed E-state index contributed by atoms with van der Waals surface area (Å²) in [6.07, 6.45) is -7.04. The molecule has 0 radical (unpaired) electrons. The fourth-order valence-corrected chi connectivity index (χ4v) is 0.755. The Morgan fingerprint density at radius 2 is 2.00 bits per heavy atom. The van der Waals surface area contributed by atoms with Gasteiger partial charge in [0.2, 0.25) is 0 Å². The van der Waals surface area contributed by atoms with Crippen LogP contribution in [0.4, 0.5) is 13.2 Å². The van der Waals surface area contributed by atoms with Crippen molar-refractivity contribution in [3.63, 3.8) is 0 Å². The zero-order valence-corrected chi connectivity index (χ0v) is 8.12. The molecule has 0 rings (SSSR count). The normalized spacial score (nSPS) is 17.5. The van der Waals surface area contributed by atoms with Crippen molar-refractivity contribution in [2.24, 2.45) is 16.8 Å². The second-order valence-electron chi connectivity index (χ2n) is 3.14. The standard InChI is InChI=1S/C7H14F3N3O2/c1-4(6(11)13-15)2-12-3-5(14)7(8,9)10/h4-5,12,14-15H,2-3H2,1H3,(H2,11,13). The predicted octanol–water partition coefficient (Wildman–Crippen LogP) is -0.118. The molecule has 0 aliphatic rings. The smallest absolute Gasteiger partial charge is 0.409 e. The lowest BCUT2D eigenvalue weighted by Gasteiger charge is -2.16. The summed E-state index contributed by atoms with van der Waals surface area (Å²) in [6, 6.07) is 0. The topological polar surface area (TPSA) is 90.9 Å². The number of aliphatic hydroxyl groups excluding tert-OH is 1. The fourth-order valence-electron chi connectivity index (χ4n) is 0.755. The summed E-state index contributed by atoms with van der Waals surface area (Å²) in [5, 5.41) is 21.9. The van der Waals surface area contributed by atoms with Gasteiger partial charge in [-0.15, -0.1) is 0 Å². The largest absolute Gasteiger partial charge is 0.415 e. The highest BCUT2D eigenvalue weighted by Crippen LogP contribution is 2.19. The summed E-state index contributed by atoms with van der Waals surface area (Å²) >= 11 is 0. The average Bonchev–Trinajstić information content (AvgIpc) is 2.14. The van der Waals surface area contributed by atoms with Gasteiger partial charge in [0.1, 0.15) is 5.84 Å². The molecule has 15 heavy (non-hydrogen) atoms. The molecular formula is C7H14F3N3O2. The molecule has 5 nitrogen and oxygen atoms in total. The van der Waals surface area contributed by atoms with Crippen molar-refractivity contribution in [2.75, 3.05) is 13.1 Å². The van der Waals surface area contributed by atoms with Gasteiger partial charge in [0.15, 0.2) is 6.10 Å². The molecule has 0 saturated carbocycles. The van der Waals surface area contributed by atoms with Crippen molar-refractivity contribution >= 4 is 5.84 Å². The van der Waals surface area contributed by atoms with Gasteiger partial charge in [0.05, 0.1) is 0 Å². The molecule has 2 unspecified atom stereocenters. The number of nitrogens with one attached hydrogen (secondary N) is 1. The lowest BCUT2D eigenvalue weighted by Crippen LogP contribution is -2.41. The molecule has 0 fully saturated rings. The molecule has 0 saturated heterocycles. The summed E-state index contributed by atoms with van der Waals surface area (Å²) in [5.41, 5.74) is 5.19. The first kappa shape index (κ1) is 14.0. The number of rotatable bonds is 5. The minimum absolute atomic E-state index is 0.0796. The Hall–Kier alpha value is -1.02. The van der Waals surface area contributed by atoms with Crippen LogP contribution >= 0.6 is 0 Å². The molecule has 0 aliphatic carbocycles. The Balaban J connectivity index is 3.81. The maximum atomic E-state index is 11.8. The van der Waals surface area contributed by atoms with Crippen LogP contribution in [0.2, 0.25) is 0 Å². The number of aliphatic hydroxyl groups is 1. The van der Waals surface area contributed by atoms with Crippen LogP contribution in [0.1, 0.15) is 6.92 Å². The van der Waals surface area contributed by atoms with Gasteiger partial charge in [-0.1, -0.05) is 12.1 Å². The van der Waals surface area contributed by atoms with Crippen LogP contribution in [0, 0.1) is 5.92 Å². The highest BCUT2D eigenvalue weighted by molar-refractivity contribution is 5.82. The van der Waals surface area contributed by atoms with E-state index in [-0.39, 0.29) is 12.4 Å². The van der Waals surface area contributed by atoms with E-state index in [1.54, 1.807) is 6.92 Å². The van der Waals surface area contributed by atoms with Gasteiger partial charge in [-0.2, -0.15) is 13.2 Å². The van der Waals surface area contributed by atoms with Crippen LogP contribution in [0.25, 0.3) is 0 Å². The van der Waals surface area contributed by atoms with E-state index in [2.05, 4.69) is 10.5 Å². The second kappa shape index (κ2) is 5.76. The number of oxime groups is 1. The molecule has 0 aliphatic heterocycles. The van der Waals surface area contributed by atoms with E-state index in [0.717, 1.165) is 0 Å². The van der Waals surface area contributed by atoms with Gasteiger partial charge in [-0.05, 0) is 0 Å². The summed E-state index contributed by atoms with van der Waals surface area (Å²) in [5.74, 6) is -0.487. The van der Waals surface area contributed by atoms with Crippen LogP contribution < -0.4 is 11.1 Å². The monoisotopic (exact) mass is 229 g/mol. The minimum Gasteiger partial charge on any atom is -0.409 e. The molecule has 0 spiro atoms. The average molecular weight is 229 g/mol. The summed E-state index contributed by atoms with van der Waals surface area (Å²) in [4.78, 5) is 0. The van der Waals surface area contributed by atoms with Gasteiger partial charge in [0, 0.05) is 19.0 Å². The first-order valence-corrected chi connectivity index (χ1v) is 4.22. The van der Waals surface area contributed by atoms with Gasteiger partial charge < -0.3 is 21.4 Å². The molecule has 8 heteroatoms. The van der Waals surface area contributed by atoms with E-state index in [1.165, 1.54) is 0 Å². The lowest BCUT2D eigenvalue weighted by molar-refractivity contribution is -0.201. The van der Waals surface area contributed by atoms with E-state index >= 15 is 0 Å². The third-order valence-corrected chi connectivity index (χ3v) is 1.79. The van der Waals surface area contributed by atoms with Crippen LogP contribution in [-0.4, -0.2) is 41.5 Å². The molecule has 0 aromatic heterocycles. The van der Waals surface area contributed by atoms with Gasteiger partial charge in [0.25, 0.3) is 0 Å². The van der Waals surface area contributed by atoms with Gasteiger partial charge >= 0.3 is 6.18 Å². The van der Waals surface area contributed by atoms with Crippen LogP contribution in [0.15, 0.2) is 5.16 Å². The second-order valence-corrected chi connectivity index (χ2v) is 3.14. The molecule has 5 N–H and O–H groups in total. The van der Waals surface area contributed by atoms with Crippen LogP contribution in [0.3, 0.4) is 0 Å². The molecule has 0 aromatic rings. The Kier molecular flexibility index (Phi) is 5.37. The number of hydrogen-bond donors (Lipinski definition) is 4. The summed E-state index contributed by atoms with van der Waals surface area (Å²) < 4.78 is 35.5. The maximum Gasteiger partial charge on any atom is 0.415 e. The highest BCUT2D eigenvalue weighted by Gasteiger charge is 2.37. The van der Waals surface area contributed by atoms with Crippen molar-refractivity contribution in [3.05, 3.63) is 0 Å². The molecule has 0 amide bonds. The zero-order valence-electron chi connectivity index (χ0n) is 8.12. The summed E-state index contributed by atoms with van der Waals surface area (Å²) in [7, 11) is 0. The number of halogens is 3. The van der Waals surface area contributed by atoms with E-state index in [4.69, 9.17) is 16.0 Å². The fraction of sp³-hybridized carbons (Fsp3) is 0.857. The first-order chi connectivity index (χ1) is 6.79. The van der Waals surface area contributed by atoms with Gasteiger partial charge in [-0.25, -0.2) is 0 Å². The summed E-state index contributed by atoms with van der Waals surface area (Å²) in [6.45, 7) is 1.04. The van der Waals surface area contributed by atoms with Gasteiger partial charge in [-0.3, -0.25) is 0 Å². The molecule has 0 bridgehead atoms. The van der Waals surface area contributed by atoms with Crippen molar-refractivity contribution in [3.8, 4) is 0 Å². The van der Waals surface area contributed by atoms with Crippen LogP contribution in [0.5, 0.6) is 0 Å². The first-order valence-electron chi connectivity index (χ1n) is 4.22. The van der Waals surface area contributed by atoms with Crippen molar-refractivity contribution < 1.29 is 23.5 Å². The van der Waals surface area contributed by atoms with E-state index in [9.17, 15) is 13.2 Å². The van der Waals surface area contributed by atoms with Crippen molar-refractivity contribution in [1.29, 1.82) is 0 Å². The number of amidine groups is 1. The Morgan fingerprint density at radius 1 is 1.47 bits per heavy atom. The SMILES string of the molecule is CC(CNCC(O)C(F)(F)F)C(N)=NO. The van der Waals surface area contributed by atoms with E-state index < -0.39 is 24.7 Å². The third-order valence-electron chi connectivity index (χ3n) is 1.79. The Bertz CT molecular complexity index is 220. The molecule has 0 aromatic carbocycles. The number of alkyl halides is 3. The lowest BCUT2D eigenvalue weighted by atomic mass is 10.1. The zero-order chi connectivity index (χ0) is 12.1. The molecular weight excluding hydrogens is 215 g/mol. The van der Waals surface area contributed by atoms with E-state index in [1.807, 2.05) is 0 Å². The molecule has 2 atom stereocenters. The highest BCUT2D eigenvalue weighted by atomic mass is 19.4. The predicted molar refractivity (Wildman–Crippen MR) is 47.5 cm³/mol. The third kappa shape index (κ3) is 5.43. The number of hydrogen-bond acceptors (Lipinski definition) is 4. The Labute approximate surface area is 84.8 Å². The Morgan fingerprint density at radius 3 is 2.40 bits per heavy atom. The molecule has 90 valence electrons. The maximum absolute atomic E-state index is 11.8. The van der Waals surface area contributed by atoms with Crippen molar-refractivity contribution in [2.45, 2.75) is 19.2 Å². The van der Waals surface area contributed by atoms with E-state index in [0.29, 0.717) is 0 Å². The van der Waals surface area contributed by atoms with Crippen molar-refractivity contribution in [1.82, 2.24) is 5.32 Å². The quantitative estimate of drug-likeness (QED) is 0.229. The molecule has 0 heterocycles.